The standard InChI is InChI=1S/C22H31N5O3/c1-3-30-21(28)19-16-25-22(23-11-6-14-27-12-4-5-13-27)26-20(19)24-15-17-7-9-18(29-2)10-8-17/h7-10,16H,3-6,11-15H2,1-2H3,(H2,23,24,25,26). The lowest BCUT2D eigenvalue weighted by Crippen LogP contribution is -2.22. The number of hydrogen-bond acceptors (Lipinski definition) is 8. The molecule has 2 heterocycles. The van der Waals surface area contributed by atoms with Gasteiger partial charge in [-0.15, -0.1) is 0 Å². The molecule has 0 aliphatic carbocycles. The number of esters is 1. The number of ether oxygens (including phenoxy) is 2. The number of hydrogen-bond donors (Lipinski definition) is 2. The highest BCUT2D eigenvalue weighted by Gasteiger charge is 2.16. The van der Waals surface area contributed by atoms with Crippen LogP contribution in [-0.4, -0.2) is 60.7 Å². The van der Waals surface area contributed by atoms with Crippen molar-refractivity contribution >= 4 is 17.7 Å². The number of nitrogens with zero attached hydrogens (tertiary/aromatic N) is 3. The highest BCUT2D eigenvalue weighted by Crippen LogP contribution is 2.18. The number of methoxy groups -OCH3 is 1. The summed E-state index contributed by atoms with van der Waals surface area (Å²) in [6, 6.07) is 7.73. The summed E-state index contributed by atoms with van der Waals surface area (Å²) in [5.41, 5.74) is 1.37. The van der Waals surface area contributed by atoms with Gasteiger partial charge < -0.3 is 25.0 Å². The number of aromatic nitrogens is 2. The zero-order chi connectivity index (χ0) is 21.2. The van der Waals surface area contributed by atoms with Crippen LogP contribution in [0.4, 0.5) is 11.8 Å². The van der Waals surface area contributed by atoms with Gasteiger partial charge in [0, 0.05) is 19.3 Å². The number of carbonyl (C=O) groups excluding carboxylic acids is 1. The van der Waals surface area contributed by atoms with Gasteiger partial charge in [-0.2, -0.15) is 4.98 Å². The van der Waals surface area contributed by atoms with E-state index in [9.17, 15) is 4.79 Å². The number of carbonyl (C=O) groups is 1. The summed E-state index contributed by atoms with van der Waals surface area (Å²) in [5, 5.41) is 6.50. The predicted octanol–water partition coefficient (Wildman–Crippen LogP) is 3.17. The van der Waals surface area contributed by atoms with Gasteiger partial charge in [0.25, 0.3) is 0 Å². The van der Waals surface area contributed by atoms with Crippen LogP contribution in [0.15, 0.2) is 30.5 Å². The number of nitrogens with one attached hydrogen (secondary N) is 2. The van der Waals surface area contributed by atoms with E-state index >= 15 is 0 Å². The number of likely N-dealkylation sites (tertiary alicyclic amines) is 1. The molecule has 30 heavy (non-hydrogen) atoms. The van der Waals surface area contributed by atoms with Crippen molar-refractivity contribution in [3.8, 4) is 5.75 Å². The van der Waals surface area contributed by atoms with Crippen molar-refractivity contribution in [3.63, 3.8) is 0 Å². The number of rotatable bonds is 11. The molecule has 1 aromatic heterocycles. The van der Waals surface area contributed by atoms with Crippen molar-refractivity contribution in [2.45, 2.75) is 32.7 Å². The molecule has 0 spiro atoms. The summed E-state index contributed by atoms with van der Waals surface area (Å²) < 4.78 is 10.3. The third kappa shape index (κ3) is 6.32. The zero-order valence-electron chi connectivity index (χ0n) is 17.8. The van der Waals surface area contributed by atoms with Crippen molar-refractivity contribution in [3.05, 3.63) is 41.6 Å². The van der Waals surface area contributed by atoms with Crippen molar-refractivity contribution in [1.29, 1.82) is 0 Å². The van der Waals surface area contributed by atoms with Crippen LogP contribution in [0.25, 0.3) is 0 Å². The highest BCUT2D eigenvalue weighted by molar-refractivity contribution is 5.94. The van der Waals surface area contributed by atoms with Crippen LogP contribution < -0.4 is 15.4 Å². The molecular weight excluding hydrogens is 382 g/mol. The lowest BCUT2D eigenvalue weighted by atomic mass is 10.2. The summed E-state index contributed by atoms with van der Waals surface area (Å²) in [6.45, 7) is 6.85. The molecule has 0 saturated carbocycles. The first-order valence-electron chi connectivity index (χ1n) is 10.6. The third-order valence-corrected chi connectivity index (χ3v) is 5.04. The van der Waals surface area contributed by atoms with Gasteiger partial charge in [0.2, 0.25) is 5.95 Å². The van der Waals surface area contributed by atoms with Crippen LogP contribution in [0.2, 0.25) is 0 Å². The Labute approximate surface area is 178 Å². The van der Waals surface area contributed by atoms with E-state index in [4.69, 9.17) is 9.47 Å². The van der Waals surface area contributed by atoms with Gasteiger partial charge in [0.1, 0.15) is 17.1 Å². The average Bonchev–Trinajstić information content (AvgIpc) is 3.29. The molecule has 8 heteroatoms. The first-order valence-corrected chi connectivity index (χ1v) is 10.6. The molecular formula is C22H31N5O3. The van der Waals surface area contributed by atoms with E-state index in [1.807, 2.05) is 24.3 Å². The van der Waals surface area contributed by atoms with Crippen molar-refractivity contribution in [1.82, 2.24) is 14.9 Å². The predicted molar refractivity (Wildman–Crippen MR) is 117 cm³/mol. The van der Waals surface area contributed by atoms with Gasteiger partial charge in [-0.05, 0) is 63.5 Å². The minimum absolute atomic E-state index is 0.299. The first kappa shape index (κ1) is 21.8. The molecule has 0 radical (unpaired) electrons. The fourth-order valence-electron chi connectivity index (χ4n) is 3.40. The van der Waals surface area contributed by atoms with Gasteiger partial charge >= 0.3 is 5.97 Å². The van der Waals surface area contributed by atoms with E-state index in [2.05, 4.69) is 25.5 Å². The lowest BCUT2D eigenvalue weighted by molar-refractivity contribution is 0.0526. The summed E-state index contributed by atoms with van der Waals surface area (Å²) in [5.74, 6) is 1.33. The minimum Gasteiger partial charge on any atom is -0.497 e. The fraction of sp³-hybridized carbons (Fsp3) is 0.500. The zero-order valence-corrected chi connectivity index (χ0v) is 17.8. The maximum Gasteiger partial charge on any atom is 0.343 e. The molecule has 1 aliphatic heterocycles. The van der Waals surface area contributed by atoms with Crippen LogP contribution in [0.5, 0.6) is 5.75 Å². The van der Waals surface area contributed by atoms with Gasteiger partial charge in [-0.3, -0.25) is 0 Å². The Kier molecular flexibility index (Phi) is 8.26. The molecule has 1 aromatic carbocycles. The monoisotopic (exact) mass is 413 g/mol. The van der Waals surface area contributed by atoms with Gasteiger partial charge in [0.15, 0.2) is 0 Å². The van der Waals surface area contributed by atoms with Crippen molar-refractivity contribution in [2.24, 2.45) is 0 Å². The van der Waals surface area contributed by atoms with Crippen LogP contribution in [0, 0.1) is 0 Å². The van der Waals surface area contributed by atoms with Gasteiger partial charge in [0.05, 0.1) is 13.7 Å². The van der Waals surface area contributed by atoms with E-state index in [-0.39, 0.29) is 0 Å². The normalized spacial score (nSPS) is 13.8. The molecule has 1 saturated heterocycles. The third-order valence-electron chi connectivity index (χ3n) is 5.04. The number of anilines is 2. The number of benzene rings is 1. The average molecular weight is 414 g/mol. The molecule has 2 N–H and O–H groups in total. The Morgan fingerprint density at radius 3 is 2.63 bits per heavy atom. The lowest BCUT2D eigenvalue weighted by Gasteiger charge is -2.15. The quantitative estimate of drug-likeness (QED) is 0.429. The molecule has 1 aliphatic rings. The van der Waals surface area contributed by atoms with Gasteiger partial charge in [-0.25, -0.2) is 9.78 Å². The summed E-state index contributed by atoms with van der Waals surface area (Å²) in [4.78, 5) is 23.6. The fourth-order valence-corrected chi connectivity index (χ4v) is 3.40. The second kappa shape index (κ2) is 11.3. The molecule has 0 amide bonds. The molecule has 0 bridgehead atoms. The highest BCUT2D eigenvalue weighted by atomic mass is 16.5. The Morgan fingerprint density at radius 2 is 1.93 bits per heavy atom. The van der Waals surface area contributed by atoms with E-state index in [0.717, 1.165) is 30.8 Å². The first-order chi connectivity index (χ1) is 14.7. The topological polar surface area (TPSA) is 88.6 Å². The SMILES string of the molecule is CCOC(=O)c1cnc(NCCCN2CCCC2)nc1NCc1ccc(OC)cc1. The summed E-state index contributed by atoms with van der Waals surface area (Å²) in [7, 11) is 1.64. The molecule has 1 fully saturated rings. The second-order valence-electron chi connectivity index (χ2n) is 7.21. The molecule has 3 rings (SSSR count). The smallest absolute Gasteiger partial charge is 0.343 e. The molecule has 0 atom stereocenters. The Bertz CT molecular complexity index is 807. The summed E-state index contributed by atoms with van der Waals surface area (Å²) in [6.07, 6.45) is 5.14. The maximum atomic E-state index is 12.3. The van der Waals surface area contributed by atoms with Crippen LogP contribution in [0.1, 0.15) is 42.1 Å². The van der Waals surface area contributed by atoms with Crippen molar-refractivity contribution in [2.75, 3.05) is 50.5 Å². The van der Waals surface area contributed by atoms with Crippen LogP contribution in [0.3, 0.4) is 0 Å². The van der Waals surface area contributed by atoms with Crippen LogP contribution in [-0.2, 0) is 11.3 Å². The Morgan fingerprint density at radius 1 is 1.17 bits per heavy atom. The Hall–Kier alpha value is -2.87. The maximum absolute atomic E-state index is 12.3. The largest absolute Gasteiger partial charge is 0.497 e. The van der Waals surface area contributed by atoms with E-state index in [1.54, 1.807) is 14.0 Å². The molecule has 0 unspecified atom stereocenters. The minimum atomic E-state index is -0.435. The molecule has 2 aromatic rings. The van der Waals surface area contributed by atoms with Gasteiger partial charge in [-0.1, -0.05) is 12.1 Å². The van der Waals surface area contributed by atoms with E-state index in [0.29, 0.717) is 30.5 Å². The summed E-state index contributed by atoms with van der Waals surface area (Å²) >= 11 is 0. The molecule has 8 nitrogen and oxygen atoms in total. The molecule has 162 valence electrons. The van der Waals surface area contributed by atoms with E-state index in [1.165, 1.54) is 32.1 Å². The van der Waals surface area contributed by atoms with E-state index < -0.39 is 5.97 Å². The van der Waals surface area contributed by atoms with Crippen molar-refractivity contribution < 1.29 is 14.3 Å². The second-order valence-corrected chi connectivity index (χ2v) is 7.21. The van der Waals surface area contributed by atoms with Crippen LogP contribution >= 0.6 is 0 Å². The Balaban J connectivity index is 1.62.